The average Bonchev–Trinajstić information content (AvgIpc) is 2.03. The number of nitrogens with two attached hydrogens (primary N) is 1. The SMILES string of the molecule is CC(C)CN1CCCC(F)(CN)C1. The van der Waals surface area contributed by atoms with Crippen LogP contribution < -0.4 is 5.73 Å². The minimum Gasteiger partial charge on any atom is -0.327 e. The highest BCUT2D eigenvalue weighted by atomic mass is 19.1. The second-order valence-corrected chi connectivity index (χ2v) is 4.59. The molecule has 1 fully saturated rings. The molecule has 1 aliphatic rings. The second kappa shape index (κ2) is 4.38. The number of halogens is 1. The lowest BCUT2D eigenvalue weighted by atomic mass is 9.94. The van der Waals surface area contributed by atoms with Crippen LogP contribution in [0, 0.1) is 5.92 Å². The third kappa shape index (κ3) is 3.24. The molecule has 0 spiro atoms. The summed E-state index contributed by atoms with van der Waals surface area (Å²) in [6.45, 7) is 7.05. The molecule has 1 heterocycles. The summed E-state index contributed by atoms with van der Waals surface area (Å²) in [4.78, 5) is 2.20. The molecule has 2 nitrogen and oxygen atoms in total. The van der Waals surface area contributed by atoms with Crippen LogP contribution in [0.1, 0.15) is 26.7 Å². The molecule has 13 heavy (non-hydrogen) atoms. The number of rotatable bonds is 3. The molecule has 0 aromatic heterocycles. The Morgan fingerprint density at radius 3 is 2.77 bits per heavy atom. The highest BCUT2D eigenvalue weighted by molar-refractivity contribution is 4.88. The summed E-state index contributed by atoms with van der Waals surface area (Å²) in [6, 6.07) is 0. The lowest BCUT2D eigenvalue weighted by molar-refractivity contribution is 0.0464. The molecule has 1 saturated heterocycles. The minimum absolute atomic E-state index is 0.168. The molecule has 0 saturated carbocycles. The van der Waals surface area contributed by atoms with Gasteiger partial charge in [0.25, 0.3) is 0 Å². The van der Waals surface area contributed by atoms with Gasteiger partial charge in [-0.1, -0.05) is 13.8 Å². The van der Waals surface area contributed by atoms with Gasteiger partial charge in [0.1, 0.15) is 5.67 Å². The summed E-state index contributed by atoms with van der Waals surface area (Å²) in [5, 5.41) is 0. The Bertz CT molecular complexity index is 161. The van der Waals surface area contributed by atoms with Crippen molar-refractivity contribution in [2.75, 3.05) is 26.2 Å². The van der Waals surface area contributed by atoms with E-state index in [1.54, 1.807) is 0 Å². The van der Waals surface area contributed by atoms with E-state index in [0.717, 1.165) is 19.5 Å². The van der Waals surface area contributed by atoms with Crippen molar-refractivity contribution in [2.24, 2.45) is 11.7 Å². The maximum absolute atomic E-state index is 13.8. The molecule has 0 bridgehead atoms. The molecule has 0 radical (unpaired) electrons. The second-order valence-electron chi connectivity index (χ2n) is 4.59. The summed E-state index contributed by atoms with van der Waals surface area (Å²) in [6.07, 6.45) is 1.58. The molecule has 0 amide bonds. The van der Waals surface area contributed by atoms with Crippen LogP contribution in [0.3, 0.4) is 0 Å². The third-order valence-corrected chi connectivity index (χ3v) is 2.60. The Hall–Kier alpha value is -0.150. The van der Waals surface area contributed by atoms with E-state index < -0.39 is 5.67 Å². The molecule has 1 rings (SSSR count). The van der Waals surface area contributed by atoms with Crippen LogP contribution in [0.4, 0.5) is 4.39 Å². The Kier molecular flexibility index (Phi) is 3.68. The van der Waals surface area contributed by atoms with Crippen LogP contribution in [0.2, 0.25) is 0 Å². The van der Waals surface area contributed by atoms with Gasteiger partial charge in [-0.05, 0) is 25.3 Å². The van der Waals surface area contributed by atoms with Gasteiger partial charge in [0.15, 0.2) is 0 Å². The summed E-state index contributed by atoms with van der Waals surface area (Å²) < 4.78 is 13.8. The lowest BCUT2D eigenvalue weighted by Gasteiger charge is -2.37. The van der Waals surface area contributed by atoms with Gasteiger partial charge in [-0.25, -0.2) is 4.39 Å². The molecule has 3 heteroatoms. The van der Waals surface area contributed by atoms with Gasteiger partial charge < -0.3 is 5.73 Å². The van der Waals surface area contributed by atoms with Crippen LogP contribution in [-0.2, 0) is 0 Å². The number of alkyl halides is 1. The van der Waals surface area contributed by atoms with Crippen LogP contribution in [0.15, 0.2) is 0 Å². The van der Waals surface area contributed by atoms with E-state index in [9.17, 15) is 4.39 Å². The van der Waals surface area contributed by atoms with Gasteiger partial charge >= 0.3 is 0 Å². The Morgan fingerprint density at radius 1 is 1.54 bits per heavy atom. The molecule has 1 aliphatic heterocycles. The Morgan fingerprint density at radius 2 is 2.23 bits per heavy atom. The van der Waals surface area contributed by atoms with Crippen molar-refractivity contribution in [2.45, 2.75) is 32.4 Å². The monoisotopic (exact) mass is 188 g/mol. The molecule has 0 aliphatic carbocycles. The highest BCUT2D eigenvalue weighted by Crippen LogP contribution is 2.24. The van der Waals surface area contributed by atoms with Crippen LogP contribution in [0.5, 0.6) is 0 Å². The zero-order chi connectivity index (χ0) is 9.90. The predicted octanol–water partition coefficient (Wildman–Crippen LogP) is 1.41. The minimum atomic E-state index is -1.12. The number of nitrogens with zero attached hydrogens (tertiary/aromatic N) is 1. The normalized spacial score (nSPS) is 31.2. The van der Waals surface area contributed by atoms with Gasteiger partial charge in [-0.3, -0.25) is 4.90 Å². The fourth-order valence-electron chi connectivity index (χ4n) is 2.02. The molecule has 1 unspecified atom stereocenters. The van der Waals surface area contributed by atoms with Gasteiger partial charge in [0, 0.05) is 19.6 Å². The first-order chi connectivity index (χ1) is 6.06. The highest BCUT2D eigenvalue weighted by Gasteiger charge is 2.33. The fraction of sp³-hybridized carbons (Fsp3) is 1.00. The van der Waals surface area contributed by atoms with Gasteiger partial charge in [0.05, 0.1) is 0 Å². The maximum Gasteiger partial charge on any atom is 0.135 e. The first kappa shape index (κ1) is 10.9. The summed E-state index contributed by atoms with van der Waals surface area (Å²) in [7, 11) is 0. The van der Waals surface area contributed by atoms with Crippen LogP contribution in [0.25, 0.3) is 0 Å². The maximum atomic E-state index is 13.8. The molecule has 1 atom stereocenters. The Labute approximate surface area is 80.3 Å². The predicted molar refractivity (Wildman–Crippen MR) is 53.4 cm³/mol. The van der Waals surface area contributed by atoms with Crippen molar-refractivity contribution in [1.29, 1.82) is 0 Å². The van der Waals surface area contributed by atoms with Crippen molar-refractivity contribution < 1.29 is 4.39 Å². The van der Waals surface area contributed by atoms with E-state index in [1.807, 2.05) is 0 Å². The third-order valence-electron chi connectivity index (χ3n) is 2.60. The molecule has 2 N–H and O–H groups in total. The molecule has 78 valence electrons. The Balaban J connectivity index is 2.42. The van der Waals surface area contributed by atoms with E-state index >= 15 is 0 Å². The van der Waals surface area contributed by atoms with Crippen molar-refractivity contribution in [3.05, 3.63) is 0 Å². The van der Waals surface area contributed by atoms with Gasteiger partial charge in [-0.2, -0.15) is 0 Å². The lowest BCUT2D eigenvalue weighted by Crippen LogP contribution is -2.50. The first-order valence-electron chi connectivity index (χ1n) is 5.17. The first-order valence-corrected chi connectivity index (χ1v) is 5.17. The smallest absolute Gasteiger partial charge is 0.135 e. The fourth-order valence-corrected chi connectivity index (χ4v) is 2.02. The summed E-state index contributed by atoms with van der Waals surface area (Å²) in [5.41, 5.74) is 4.31. The number of hydrogen-bond donors (Lipinski definition) is 1. The quantitative estimate of drug-likeness (QED) is 0.725. The number of likely N-dealkylation sites (tertiary alicyclic amines) is 1. The van der Waals surface area contributed by atoms with Crippen molar-refractivity contribution >= 4 is 0 Å². The summed E-state index contributed by atoms with van der Waals surface area (Å²) in [5.74, 6) is 0.611. The molecular formula is C10H21FN2. The van der Waals surface area contributed by atoms with E-state index in [0.29, 0.717) is 18.9 Å². The van der Waals surface area contributed by atoms with Crippen molar-refractivity contribution in [3.63, 3.8) is 0 Å². The van der Waals surface area contributed by atoms with Crippen LogP contribution >= 0.6 is 0 Å². The molecule has 0 aromatic carbocycles. The van der Waals surface area contributed by atoms with Crippen molar-refractivity contribution in [3.8, 4) is 0 Å². The number of hydrogen-bond acceptors (Lipinski definition) is 2. The topological polar surface area (TPSA) is 29.3 Å². The molecule has 0 aromatic rings. The zero-order valence-electron chi connectivity index (χ0n) is 8.72. The van der Waals surface area contributed by atoms with Crippen molar-refractivity contribution in [1.82, 2.24) is 4.90 Å². The zero-order valence-corrected chi connectivity index (χ0v) is 8.72. The standard InChI is InChI=1S/C10H21FN2/c1-9(2)6-13-5-3-4-10(11,7-12)8-13/h9H,3-8,12H2,1-2H3. The van der Waals surface area contributed by atoms with E-state index in [1.165, 1.54) is 0 Å². The molecular weight excluding hydrogens is 167 g/mol. The number of piperidine rings is 1. The van der Waals surface area contributed by atoms with E-state index in [-0.39, 0.29) is 6.54 Å². The van der Waals surface area contributed by atoms with E-state index in [4.69, 9.17) is 5.73 Å². The van der Waals surface area contributed by atoms with Crippen LogP contribution in [-0.4, -0.2) is 36.7 Å². The largest absolute Gasteiger partial charge is 0.327 e. The average molecular weight is 188 g/mol. The van der Waals surface area contributed by atoms with Gasteiger partial charge in [-0.15, -0.1) is 0 Å². The summed E-state index contributed by atoms with van der Waals surface area (Å²) >= 11 is 0. The van der Waals surface area contributed by atoms with E-state index in [2.05, 4.69) is 18.7 Å². The van der Waals surface area contributed by atoms with Gasteiger partial charge in [0.2, 0.25) is 0 Å².